The third-order valence-electron chi connectivity index (χ3n) is 6.18. The third kappa shape index (κ3) is 6.63. The number of aromatic nitrogens is 2. The molecule has 36 heavy (non-hydrogen) atoms. The Morgan fingerprint density at radius 3 is 2.64 bits per heavy atom. The van der Waals surface area contributed by atoms with E-state index >= 15 is 0 Å². The Bertz CT molecular complexity index is 1320. The Labute approximate surface area is 213 Å². The molecule has 0 radical (unpaired) electrons. The van der Waals surface area contributed by atoms with Crippen molar-refractivity contribution in [3.05, 3.63) is 101 Å². The van der Waals surface area contributed by atoms with E-state index in [1.807, 2.05) is 54.6 Å². The molecule has 0 fully saturated rings. The van der Waals surface area contributed by atoms with Crippen molar-refractivity contribution in [2.45, 2.75) is 46.1 Å². The molecule has 5 heteroatoms. The number of para-hydroxylation sites is 2. The molecular weight excluding hydrogens is 446 g/mol. The molecule has 3 aromatic carbocycles. The van der Waals surface area contributed by atoms with Gasteiger partial charge in [-0.05, 0) is 60.2 Å². The Morgan fingerprint density at radius 1 is 1.06 bits per heavy atom. The topological polar surface area (TPSA) is 56.1 Å². The van der Waals surface area contributed by atoms with E-state index in [-0.39, 0.29) is 5.91 Å². The molecule has 4 rings (SSSR count). The number of benzene rings is 3. The number of ether oxygens (including phenoxy) is 1. The molecule has 0 bridgehead atoms. The summed E-state index contributed by atoms with van der Waals surface area (Å²) in [6.45, 7) is 8.45. The quantitative estimate of drug-likeness (QED) is 0.202. The molecule has 0 aliphatic carbocycles. The average molecular weight is 482 g/mol. The van der Waals surface area contributed by atoms with E-state index in [4.69, 9.17) is 9.72 Å². The number of imidazole rings is 1. The second-order valence-electron chi connectivity index (χ2n) is 9.35. The molecular formula is C31H35N3O2. The third-order valence-corrected chi connectivity index (χ3v) is 6.18. The highest BCUT2D eigenvalue weighted by Crippen LogP contribution is 2.27. The van der Waals surface area contributed by atoms with Gasteiger partial charge in [-0.1, -0.05) is 68.4 Å². The van der Waals surface area contributed by atoms with Crippen molar-refractivity contribution in [3.8, 4) is 5.75 Å². The molecule has 0 spiro atoms. The first-order chi connectivity index (χ1) is 17.5. The van der Waals surface area contributed by atoms with Crippen molar-refractivity contribution >= 4 is 23.0 Å². The first-order valence-electron chi connectivity index (χ1n) is 12.7. The fourth-order valence-electron chi connectivity index (χ4n) is 4.31. The van der Waals surface area contributed by atoms with Gasteiger partial charge in [0.1, 0.15) is 11.6 Å². The van der Waals surface area contributed by atoms with Crippen LogP contribution in [-0.2, 0) is 17.8 Å². The van der Waals surface area contributed by atoms with E-state index in [0.717, 1.165) is 41.1 Å². The van der Waals surface area contributed by atoms with Crippen LogP contribution in [0.3, 0.4) is 0 Å². The Kier molecular flexibility index (Phi) is 8.56. The highest BCUT2D eigenvalue weighted by molar-refractivity contribution is 5.91. The lowest BCUT2D eigenvalue weighted by molar-refractivity contribution is -0.116. The number of nitrogens with zero attached hydrogens (tertiary/aromatic N) is 2. The van der Waals surface area contributed by atoms with Gasteiger partial charge >= 0.3 is 0 Å². The van der Waals surface area contributed by atoms with Gasteiger partial charge in [-0.2, -0.15) is 0 Å². The van der Waals surface area contributed by atoms with Gasteiger partial charge in [0.05, 0.1) is 17.6 Å². The second kappa shape index (κ2) is 12.2. The summed E-state index contributed by atoms with van der Waals surface area (Å²) in [7, 11) is 0. The summed E-state index contributed by atoms with van der Waals surface area (Å²) in [5, 5.41) is 2.98. The van der Waals surface area contributed by atoms with Crippen LogP contribution >= 0.6 is 0 Å². The molecule has 0 unspecified atom stereocenters. The maximum absolute atomic E-state index is 12.3. The summed E-state index contributed by atoms with van der Waals surface area (Å²) in [5.41, 5.74) is 5.54. The summed E-state index contributed by atoms with van der Waals surface area (Å²) in [6.07, 6.45) is 4.93. The fourth-order valence-corrected chi connectivity index (χ4v) is 4.31. The number of carbonyl (C=O) groups is 1. The Hall–Kier alpha value is -3.86. The smallest absolute Gasteiger partial charge is 0.244 e. The van der Waals surface area contributed by atoms with Gasteiger partial charge in [0, 0.05) is 25.6 Å². The molecule has 0 saturated carbocycles. The number of amides is 1. The van der Waals surface area contributed by atoms with E-state index < -0.39 is 0 Å². The normalized spacial score (nSPS) is 11.4. The molecule has 1 aromatic heterocycles. The van der Waals surface area contributed by atoms with E-state index in [1.54, 1.807) is 6.08 Å². The summed E-state index contributed by atoms with van der Waals surface area (Å²) < 4.78 is 8.46. The van der Waals surface area contributed by atoms with Crippen molar-refractivity contribution in [1.29, 1.82) is 0 Å². The van der Waals surface area contributed by atoms with Crippen molar-refractivity contribution < 1.29 is 9.53 Å². The minimum Gasteiger partial charge on any atom is -0.493 e. The lowest BCUT2D eigenvalue weighted by atomic mass is 10.0. The SMILES string of the molecule is Cc1ccc(C(C)C)c(OCCCn2c(CCNC(=O)/C=C/c3ccccc3)nc3ccccc32)c1. The van der Waals surface area contributed by atoms with Crippen LogP contribution < -0.4 is 10.1 Å². The van der Waals surface area contributed by atoms with Crippen LogP contribution in [0.4, 0.5) is 0 Å². The summed E-state index contributed by atoms with van der Waals surface area (Å²) in [6, 6.07) is 24.4. The monoisotopic (exact) mass is 481 g/mol. The maximum atomic E-state index is 12.3. The van der Waals surface area contributed by atoms with Crippen molar-refractivity contribution in [1.82, 2.24) is 14.9 Å². The molecule has 1 amide bonds. The molecule has 186 valence electrons. The molecule has 0 saturated heterocycles. The lowest BCUT2D eigenvalue weighted by Crippen LogP contribution is -2.24. The maximum Gasteiger partial charge on any atom is 0.244 e. The number of hydrogen-bond acceptors (Lipinski definition) is 3. The van der Waals surface area contributed by atoms with Crippen molar-refractivity contribution in [2.24, 2.45) is 0 Å². The van der Waals surface area contributed by atoms with E-state index in [1.165, 1.54) is 11.1 Å². The van der Waals surface area contributed by atoms with Crippen molar-refractivity contribution in [3.63, 3.8) is 0 Å². The zero-order valence-electron chi connectivity index (χ0n) is 21.4. The molecule has 0 aliphatic rings. The summed E-state index contributed by atoms with van der Waals surface area (Å²) in [4.78, 5) is 17.1. The highest BCUT2D eigenvalue weighted by Gasteiger charge is 2.12. The Balaban J connectivity index is 1.36. The molecule has 5 nitrogen and oxygen atoms in total. The lowest BCUT2D eigenvalue weighted by Gasteiger charge is -2.15. The number of carbonyl (C=O) groups excluding carboxylic acids is 1. The standard InChI is InChI=1S/C31H35N3O2/c1-23(2)26-16-14-24(3)22-29(26)36-21-9-20-34-28-13-8-7-12-27(28)33-30(34)18-19-32-31(35)17-15-25-10-5-4-6-11-25/h4-8,10-17,22-23H,9,18-21H2,1-3H3,(H,32,35)/b17-15+. The number of rotatable bonds is 11. The fraction of sp³-hybridized carbons (Fsp3) is 0.290. The first-order valence-corrected chi connectivity index (χ1v) is 12.7. The number of nitrogens with one attached hydrogen (secondary N) is 1. The van der Waals surface area contributed by atoms with Crippen LogP contribution in [0.2, 0.25) is 0 Å². The molecule has 1 N–H and O–H groups in total. The summed E-state index contributed by atoms with van der Waals surface area (Å²) >= 11 is 0. The van der Waals surface area contributed by atoms with Crippen LogP contribution in [0.5, 0.6) is 5.75 Å². The van der Waals surface area contributed by atoms with Crippen LogP contribution in [0.15, 0.2) is 78.9 Å². The number of hydrogen-bond donors (Lipinski definition) is 1. The molecule has 0 atom stereocenters. The van der Waals surface area contributed by atoms with Gasteiger partial charge < -0.3 is 14.6 Å². The molecule has 1 heterocycles. The van der Waals surface area contributed by atoms with Gasteiger partial charge in [0.2, 0.25) is 5.91 Å². The predicted octanol–water partition coefficient (Wildman–Crippen LogP) is 6.31. The first kappa shape index (κ1) is 25.2. The zero-order chi connectivity index (χ0) is 25.3. The van der Waals surface area contributed by atoms with Crippen LogP contribution in [0.25, 0.3) is 17.1 Å². The minimum absolute atomic E-state index is 0.103. The second-order valence-corrected chi connectivity index (χ2v) is 9.35. The van der Waals surface area contributed by atoms with E-state index in [9.17, 15) is 4.79 Å². The van der Waals surface area contributed by atoms with E-state index in [2.05, 4.69) is 54.9 Å². The van der Waals surface area contributed by atoms with Gasteiger partial charge in [-0.15, -0.1) is 0 Å². The van der Waals surface area contributed by atoms with Crippen LogP contribution in [0, 0.1) is 6.92 Å². The average Bonchev–Trinajstić information content (AvgIpc) is 3.23. The zero-order valence-corrected chi connectivity index (χ0v) is 21.4. The summed E-state index contributed by atoms with van der Waals surface area (Å²) in [5.74, 6) is 2.27. The number of fused-ring (bicyclic) bond motifs is 1. The van der Waals surface area contributed by atoms with Gasteiger partial charge in [-0.3, -0.25) is 4.79 Å². The molecule has 4 aromatic rings. The van der Waals surface area contributed by atoms with Crippen LogP contribution in [0.1, 0.15) is 48.7 Å². The van der Waals surface area contributed by atoms with E-state index in [0.29, 0.717) is 25.5 Å². The van der Waals surface area contributed by atoms with Gasteiger partial charge in [0.25, 0.3) is 0 Å². The molecule has 0 aliphatic heterocycles. The van der Waals surface area contributed by atoms with Crippen LogP contribution in [-0.4, -0.2) is 28.6 Å². The minimum atomic E-state index is -0.103. The van der Waals surface area contributed by atoms with Crippen molar-refractivity contribution in [2.75, 3.05) is 13.2 Å². The highest BCUT2D eigenvalue weighted by atomic mass is 16.5. The largest absolute Gasteiger partial charge is 0.493 e. The predicted molar refractivity (Wildman–Crippen MR) is 147 cm³/mol. The van der Waals surface area contributed by atoms with Gasteiger partial charge in [-0.25, -0.2) is 4.98 Å². The number of aryl methyl sites for hydroxylation is 2. The Morgan fingerprint density at radius 2 is 1.83 bits per heavy atom. The van der Waals surface area contributed by atoms with Gasteiger partial charge in [0.15, 0.2) is 0 Å².